The minimum Gasteiger partial charge on any atom is -0.458 e. The maximum Gasteiger partial charge on any atom is 0.329 e. The molecule has 1 aromatic rings. The fourth-order valence-electron chi connectivity index (χ4n) is 7.52. The van der Waals surface area contributed by atoms with E-state index in [-0.39, 0.29) is 29.6 Å². The SMILES string of the molecule is CC1[C@H]2[C@@H]1CN(C(=O)[C@@H](NC(=O)N[C@H](C(=O)OC(C)(C)C)C(C)(C)C)C1Cc3ccccc3C1)[C@@H]2C(=O)NC(CC1CC1)C(=O)C(N)=O. The van der Waals surface area contributed by atoms with Crippen LogP contribution in [0.1, 0.15) is 78.9 Å². The minimum absolute atomic E-state index is 0.103. The second-order valence-corrected chi connectivity index (χ2v) is 16.4. The number of piperidine rings is 1. The Morgan fingerprint density at radius 1 is 0.938 bits per heavy atom. The number of ketones is 1. The summed E-state index contributed by atoms with van der Waals surface area (Å²) in [6.45, 7) is 13.1. The smallest absolute Gasteiger partial charge is 0.329 e. The van der Waals surface area contributed by atoms with E-state index in [0.29, 0.717) is 25.8 Å². The number of benzene rings is 1. The Kier molecular flexibility index (Phi) is 9.69. The average Bonchev–Trinajstić information content (AvgIpc) is 3.80. The standard InChI is InChI=1S/C36H51N5O7/c1-18-23-17-41(27(25(18)23)31(44)38-24(14-19-12-13-19)28(42)30(37)43)32(45)26(22-15-20-10-8-9-11-21(20)16-22)39-34(47)40-29(35(2,3)4)33(46)48-36(5,6)7/h8-11,18-19,22-27,29H,12-17H2,1-7H3,(H2,37,43)(H,38,44)(H2,39,40,47)/t18?,23-,24?,25+,26+,27+,29-/m1/s1. The molecule has 2 saturated carbocycles. The number of nitrogens with one attached hydrogen (secondary N) is 3. The van der Waals surface area contributed by atoms with Gasteiger partial charge in [-0.05, 0) is 86.2 Å². The van der Waals surface area contributed by atoms with Crippen LogP contribution in [0.2, 0.25) is 0 Å². The molecule has 0 spiro atoms. The van der Waals surface area contributed by atoms with Gasteiger partial charge in [0.15, 0.2) is 0 Å². The van der Waals surface area contributed by atoms with Gasteiger partial charge in [-0.15, -0.1) is 0 Å². The summed E-state index contributed by atoms with van der Waals surface area (Å²) in [5.74, 6) is -3.28. The number of Topliss-reactive ketones (excluding diaryl/α,β-unsaturated/α-hetero) is 1. The first kappa shape index (κ1) is 35.3. The van der Waals surface area contributed by atoms with Crippen LogP contribution < -0.4 is 21.7 Å². The number of hydrogen-bond donors (Lipinski definition) is 4. The molecule has 5 rings (SSSR count). The lowest BCUT2D eigenvalue weighted by molar-refractivity contribution is -0.160. The quantitative estimate of drug-likeness (QED) is 0.207. The predicted octanol–water partition coefficient (Wildman–Crippen LogP) is 2.26. The van der Waals surface area contributed by atoms with Gasteiger partial charge in [0.1, 0.15) is 23.7 Å². The van der Waals surface area contributed by atoms with Gasteiger partial charge in [0, 0.05) is 6.54 Å². The lowest BCUT2D eigenvalue weighted by atomic mass is 9.86. The van der Waals surface area contributed by atoms with Crippen molar-refractivity contribution in [3.63, 3.8) is 0 Å². The van der Waals surface area contributed by atoms with Crippen molar-refractivity contribution in [2.75, 3.05) is 6.54 Å². The van der Waals surface area contributed by atoms with E-state index in [1.807, 2.05) is 52.0 Å². The zero-order chi connectivity index (χ0) is 35.3. The van der Waals surface area contributed by atoms with E-state index in [9.17, 15) is 28.8 Å². The minimum atomic E-state index is -1.10. The Balaban J connectivity index is 1.39. The summed E-state index contributed by atoms with van der Waals surface area (Å²) in [6.07, 6.45) is 3.25. The molecule has 5 N–H and O–H groups in total. The fourth-order valence-corrected chi connectivity index (χ4v) is 7.52. The Morgan fingerprint density at radius 3 is 2.06 bits per heavy atom. The number of urea groups is 1. The Bertz CT molecular complexity index is 1450. The molecular formula is C36H51N5O7. The van der Waals surface area contributed by atoms with Gasteiger partial charge in [0.05, 0.1) is 6.04 Å². The Hall–Kier alpha value is -3.96. The zero-order valence-electron chi connectivity index (χ0n) is 29.1. The first-order chi connectivity index (χ1) is 22.4. The first-order valence-electron chi connectivity index (χ1n) is 17.2. The van der Waals surface area contributed by atoms with Crippen molar-refractivity contribution in [3.05, 3.63) is 35.4 Å². The molecule has 1 saturated heterocycles. The molecule has 1 aliphatic heterocycles. The highest BCUT2D eigenvalue weighted by Crippen LogP contribution is 2.55. The van der Waals surface area contributed by atoms with E-state index in [1.165, 1.54) is 4.90 Å². The number of likely N-dealkylation sites (tertiary alicyclic amines) is 1. The van der Waals surface area contributed by atoms with Gasteiger partial charge >= 0.3 is 12.0 Å². The monoisotopic (exact) mass is 665 g/mol. The number of carbonyl (C=O) groups excluding carboxylic acids is 6. The van der Waals surface area contributed by atoms with Crippen LogP contribution in [0, 0.1) is 35.0 Å². The first-order valence-corrected chi connectivity index (χ1v) is 17.2. The summed E-state index contributed by atoms with van der Waals surface area (Å²) in [7, 11) is 0. The van der Waals surface area contributed by atoms with Gasteiger partial charge in [0.2, 0.25) is 17.6 Å². The third-order valence-corrected chi connectivity index (χ3v) is 10.3. The van der Waals surface area contributed by atoms with Crippen LogP contribution in [0.25, 0.3) is 0 Å². The van der Waals surface area contributed by atoms with Crippen molar-refractivity contribution in [2.45, 2.75) is 110 Å². The topological polar surface area (TPSA) is 177 Å². The summed E-state index contributed by atoms with van der Waals surface area (Å²) in [5, 5.41) is 8.46. The van der Waals surface area contributed by atoms with Crippen molar-refractivity contribution in [2.24, 2.45) is 40.7 Å². The summed E-state index contributed by atoms with van der Waals surface area (Å²) >= 11 is 0. The molecule has 12 heteroatoms. The van der Waals surface area contributed by atoms with Crippen molar-refractivity contribution in [1.82, 2.24) is 20.9 Å². The third-order valence-electron chi connectivity index (χ3n) is 10.3. The van der Waals surface area contributed by atoms with E-state index < -0.39 is 70.7 Å². The van der Waals surface area contributed by atoms with Crippen molar-refractivity contribution in [1.29, 1.82) is 0 Å². The van der Waals surface area contributed by atoms with E-state index >= 15 is 0 Å². The normalized spacial score (nSPS) is 25.2. The van der Waals surface area contributed by atoms with Crippen LogP contribution in [0.4, 0.5) is 4.79 Å². The van der Waals surface area contributed by atoms with Gasteiger partial charge in [-0.25, -0.2) is 9.59 Å². The molecule has 3 aliphatic carbocycles. The van der Waals surface area contributed by atoms with Crippen LogP contribution in [0.15, 0.2) is 24.3 Å². The molecule has 2 unspecified atom stereocenters. The average molecular weight is 666 g/mol. The van der Waals surface area contributed by atoms with E-state index in [0.717, 1.165) is 24.0 Å². The lowest BCUT2D eigenvalue weighted by Gasteiger charge is -2.35. The number of primary amides is 1. The van der Waals surface area contributed by atoms with Crippen LogP contribution in [0.5, 0.6) is 0 Å². The molecule has 0 bridgehead atoms. The Morgan fingerprint density at radius 2 is 1.54 bits per heavy atom. The number of hydrogen-bond acceptors (Lipinski definition) is 7. The van der Waals surface area contributed by atoms with Crippen molar-refractivity contribution < 1.29 is 33.5 Å². The molecule has 5 amide bonds. The fraction of sp³-hybridized carbons (Fsp3) is 0.667. The van der Waals surface area contributed by atoms with Crippen LogP contribution in [-0.2, 0) is 41.6 Å². The maximum absolute atomic E-state index is 14.6. The van der Waals surface area contributed by atoms with E-state index in [4.69, 9.17) is 10.5 Å². The highest BCUT2D eigenvalue weighted by molar-refractivity contribution is 6.37. The summed E-state index contributed by atoms with van der Waals surface area (Å²) in [4.78, 5) is 81.4. The number of nitrogens with zero attached hydrogens (tertiary/aromatic N) is 1. The molecule has 48 heavy (non-hydrogen) atoms. The second-order valence-electron chi connectivity index (χ2n) is 16.4. The van der Waals surface area contributed by atoms with Gasteiger partial charge in [-0.2, -0.15) is 0 Å². The molecule has 7 atom stereocenters. The highest BCUT2D eigenvalue weighted by Gasteiger charge is 2.63. The maximum atomic E-state index is 14.6. The number of esters is 1. The molecule has 1 heterocycles. The van der Waals surface area contributed by atoms with E-state index in [2.05, 4.69) is 16.0 Å². The van der Waals surface area contributed by atoms with Gasteiger partial charge in [0.25, 0.3) is 5.91 Å². The van der Waals surface area contributed by atoms with Gasteiger partial charge in [-0.1, -0.05) is 64.8 Å². The van der Waals surface area contributed by atoms with Crippen LogP contribution in [-0.4, -0.2) is 76.7 Å². The van der Waals surface area contributed by atoms with Crippen LogP contribution >= 0.6 is 0 Å². The molecule has 1 aromatic carbocycles. The van der Waals surface area contributed by atoms with E-state index in [1.54, 1.807) is 20.8 Å². The molecule has 4 aliphatic rings. The predicted molar refractivity (Wildman–Crippen MR) is 177 cm³/mol. The zero-order valence-corrected chi connectivity index (χ0v) is 29.1. The molecule has 0 aromatic heterocycles. The number of nitrogens with two attached hydrogens (primary N) is 1. The Labute approximate surface area is 282 Å². The molecule has 3 fully saturated rings. The number of rotatable bonds is 11. The summed E-state index contributed by atoms with van der Waals surface area (Å²) in [6, 6.07) is 3.29. The van der Waals surface area contributed by atoms with Crippen LogP contribution in [0.3, 0.4) is 0 Å². The van der Waals surface area contributed by atoms with Crippen molar-refractivity contribution in [3.8, 4) is 0 Å². The number of carbonyl (C=O) groups is 6. The summed E-state index contributed by atoms with van der Waals surface area (Å²) in [5.41, 5.74) is 6.03. The number of ether oxygens (including phenoxy) is 1. The molecule has 0 radical (unpaired) electrons. The molecule has 262 valence electrons. The van der Waals surface area contributed by atoms with Gasteiger partial charge < -0.3 is 31.3 Å². The lowest BCUT2D eigenvalue weighted by Crippen LogP contribution is -2.61. The second kappa shape index (κ2) is 13.2. The largest absolute Gasteiger partial charge is 0.458 e. The van der Waals surface area contributed by atoms with Crippen molar-refractivity contribution >= 4 is 35.5 Å². The number of amides is 5. The highest BCUT2D eigenvalue weighted by atomic mass is 16.6. The summed E-state index contributed by atoms with van der Waals surface area (Å²) < 4.78 is 5.61. The molecule has 12 nitrogen and oxygen atoms in total. The number of fused-ring (bicyclic) bond motifs is 2. The molecular weight excluding hydrogens is 614 g/mol. The third kappa shape index (κ3) is 7.84. The van der Waals surface area contributed by atoms with Gasteiger partial charge in [-0.3, -0.25) is 19.2 Å².